The quantitative estimate of drug-likeness (QED) is 0.534. The van der Waals surface area contributed by atoms with Crippen molar-refractivity contribution in [1.82, 2.24) is 10.6 Å². The van der Waals surface area contributed by atoms with Crippen molar-refractivity contribution in [2.45, 2.75) is 32.6 Å². The van der Waals surface area contributed by atoms with Crippen molar-refractivity contribution < 1.29 is 9.53 Å². The van der Waals surface area contributed by atoms with Gasteiger partial charge >= 0.3 is 0 Å². The molecule has 0 aliphatic rings. The smallest absolute Gasteiger partial charge is 0.233 e. The van der Waals surface area contributed by atoms with Crippen LogP contribution in [-0.2, 0) is 9.53 Å². The molecule has 0 radical (unpaired) electrons. The third kappa shape index (κ3) is 11.3. The highest BCUT2D eigenvalue weighted by Gasteiger charge is 1.97. The van der Waals surface area contributed by atoms with Crippen LogP contribution in [0.2, 0.25) is 0 Å². The zero-order chi connectivity index (χ0) is 11.4. The van der Waals surface area contributed by atoms with E-state index in [2.05, 4.69) is 10.6 Å². The molecule has 0 aromatic heterocycles. The first-order valence-electron chi connectivity index (χ1n) is 5.77. The Bertz CT molecular complexity index is 152. The molecule has 4 heteroatoms. The third-order valence-electron chi connectivity index (χ3n) is 2.06. The van der Waals surface area contributed by atoms with Crippen molar-refractivity contribution in [2.75, 3.05) is 33.4 Å². The maximum atomic E-state index is 11.1. The topological polar surface area (TPSA) is 50.4 Å². The van der Waals surface area contributed by atoms with Gasteiger partial charge in [-0.15, -0.1) is 0 Å². The third-order valence-corrected chi connectivity index (χ3v) is 2.06. The predicted octanol–water partition coefficient (Wildman–Crippen LogP) is 0.919. The lowest BCUT2D eigenvalue weighted by molar-refractivity contribution is -0.120. The Hall–Kier alpha value is -0.610. The zero-order valence-electron chi connectivity index (χ0n) is 9.97. The molecule has 90 valence electrons. The van der Waals surface area contributed by atoms with Crippen molar-refractivity contribution >= 4 is 5.91 Å². The molecule has 0 bridgehead atoms. The molecule has 0 saturated carbocycles. The van der Waals surface area contributed by atoms with Crippen molar-refractivity contribution in [3.63, 3.8) is 0 Å². The Kier molecular flexibility index (Phi) is 11.0. The van der Waals surface area contributed by atoms with Crippen LogP contribution in [0.15, 0.2) is 0 Å². The molecule has 0 saturated heterocycles. The Morgan fingerprint density at radius 2 is 2.00 bits per heavy atom. The maximum absolute atomic E-state index is 11.1. The van der Waals surface area contributed by atoms with Crippen LogP contribution in [0.3, 0.4) is 0 Å². The number of hydrogen-bond donors (Lipinski definition) is 2. The SMILES string of the molecule is CCCNC(=O)CNCCCCCOC. The van der Waals surface area contributed by atoms with Gasteiger partial charge in [0.25, 0.3) is 0 Å². The molecule has 4 nitrogen and oxygen atoms in total. The van der Waals surface area contributed by atoms with Gasteiger partial charge in [-0.25, -0.2) is 0 Å². The lowest BCUT2D eigenvalue weighted by Crippen LogP contribution is -2.34. The largest absolute Gasteiger partial charge is 0.385 e. The normalized spacial score (nSPS) is 10.3. The first-order valence-corrected chi connectivity index (χ1v) is 5.77. The van der Waals surface area contributed by atoms with Crippen molar-refractivity contribution in [3.8, 4) is 0 Å². The number of hydrogen-bond acceptors (Lipinski definition) is 3. The van der Waals surface area contributed by atoms with E-state index in [1.165, 1.54) is 0 Å². The van der Waals surface area contributed by atoms with E-state index in [1.807, 2.05) is 6.92 Å². The van der Waals surface area contributed by atoms with Crippen LogP contribution < -0.4 is 10.6 Å². The zero-order valence-corrected chi connectivity index (χ0v) is 9.97. The summed E-state index contributed by atoms with van der Waals surface area (Å²) < 4.78 is 4.95. The summed E-state index contributed by atoms with van der Waals surface area (Å²) in [6.45, 7) is 4.99. The number of nitrogens with one attached hydrogen (secondary N) is 2. The van der Waals surface area contributed by atoms with Crippen molar-refractivity contribution in [3.05, 3.63) is 0 Å². The van der Waals surface area contributed by atoms with Gasteiger partial charge in [-0.1, -0.05) is 6.92 Å². The van der Waals surface area contributed by atoms with Crippen LogP contribution in [0.1, 0.15) is 32.6 Å². The summed E-state index contributed by atoms with van der Waals surface area (Å²) in [4.78, 5) is 11.1. The second-order valence-corrected chi connectivity index (χ2v) is 3.58. The van der Waals surface area contributed by atoms with Gasteiger partial charge in [0.2, 0.25) is 5.91 Å². The van der Waals surface area contributed by atoms with Gasteiger partial charge in [0.15, 0.2) is 0 Å². The molecule has 2 N–H and O–H groups in total. The second-order valence-electron chi connectivity index (χ2n) is 3.58. The second kappa shape index (κ2) is 11.5. The fraction of sp³-hybridized carbons (Fsp3) is 0.909. The average Bonchev–Trinajstić information content (AvgIpc) is 2.25. The number of unbranched alkanes of at least 4 members (excludes halogenated alkanes) is 2. The number of amides is 1. The fourth-order valence-corrected chi connectivity index (χ4v) is 1.20. The molecule has 0 heterocycles. The predicted molar refractivity (Wildman–Crippen MR) is 61.9 cm³/mol. The highest BCUT2D eigenvalue weighted by Crippen LogP contribution is 1.93. The van der Waals surface area contributed by atoms with Crippen LogP contribution >= 0.6 is 0 Å². The molecule has 0 spiro atoms. The highest BCUT2D eigenvalue weighted by molar-refractivity contribution is 5.77. The summed E-state index contributed by atoms with van der Waals surface area (Å²) in [5.74, 6) is 0.0914. The van der Waals surface area contributed by atoms with Crippen LogP contribution in [0.4, 0.5) is 0 Å². The molecule has 0 aliphatic heterocycles. The van der Waals surface area contributed by atoms with Gasteiger partial charge in [0.1, 0.15) is 0 Å². The number of methoxy groups -OCH3 is 1. The minimum Gasteiger partial charge on any atom is -0.385 e. The minimum atomic E-state index is 0.0914. The molecule has 0 aromatic rings. The molecule has 0 unspecified atom stereocenters. The molecular formula is C11H24N2O2. The summed E-state index contributed by atoms with van der Waals surface area (Å²) >= 11 is 0. The summed E-state index contributed by atoms with van der Waals surface area (Å²) in [7, 11) is 1.72. The highest BCUT2D eigenvalue weighted by atomic mass is 16.5. The van der Waals surface area contributed by atoms with Gasteiger partial charge in [-0.2, -0.15) is 0 Å². The molecule has 15 heavy (non-hydrogen) atoms. The first-order chi connectivity index (χ1) is 7.31. The van der Waals surface area contributed by atoms with E-state index in [4.69, 9.17) is 4.74 Å². The number of rotatable bonds is 10. The lowest BCUT2D eigenvalue weighted by atomic mass is 10.2. The molecule has 0 atom stereocenters. The molecule has 0 fully saturated rings. The Morgan fingerprint density at radius 1 is 1.20 bits per heavy atom. The van der Waals surface area contributed by atoms with E-state index in [0.717, 1.165) is 45.4 Å². The van der Waals surface area contributed by atoms with Gasteiger partial charge in [0, 0.05) is 20.3 Å². The Balaban J connectivity index is 3.06. The van der Waals surface area contributed by atoms with Crippen molar-refractivity contribution in [1.29, 1.82) is 0 Å². The van der Waals surface area contributed by atoms with E-state index in [0.29, 0.717) is 6.54 Å². The summed E-state index contributed by atoms with van der Waals surface area (Å²) in [5, 5.41) is 5.94. The van der Waals surface area contributed by atoms with Gasteiger partial charge in [-0.05, 0) is 32.2 Å². The van der Waals surface area contributed by atoms with E-state index >= 15 is 0 Å². The van der Waals surface area contributed by atoms with E-state index in [9.17, 15) is 4.79 Å². The van der Waals surface area contributed by atoms with E-state index in [-0.39, 0.29) is 5.91 Å². The van der Waals surface area contributed by atoms with Gasteiger partial charge in [0.05, 0.1) is 6.54 Å². The summed E-state index contributed by atoms with van der Waals surface area (Å²) in [5.41, 5.74) is 0. The van der Waals surface area contributed by atoms with Gasteiger partial charge in [-0.3, -0.25) is 4.79 Å². The number of ether oxygens (including phenoxy) is 1. The maximum Gasteiger partial charge on any atom is 0.233 e. The van der Waals surface area contributed by atoms with E-state index < -0.39 is 0 Å². The monoisotopic (exact) mass is 216 g/mol. The summed E-state index contributed by atoms with van der Waals surface area (Å²) in [6.07, 6.45) is 4.34. The average molecular weight is 216 g/mol. The first kappa shape index (κ1) is 14.4. The number of carbonyl (C=O) groups is 1. The standard InChI is InChI=1S/C11H24N2O2/c1-3-7-13-11(14)10-12-8-5-4-6-9-15-2/h12H,3-10H2,1-2H3,(H,13,14). The van der Waals surface area contributed by atoms with Crippen molar-refractivity contribution in [2.24, 2.45) is 0 Å². The lowest BCUT2D eigenvalue weighted by Gasteiger charge is -2.05. The van der Waals surface area contributed by atoms with Crippen LogP contribution in [-0.4, -0.2) is 39.3 Å². The molecular weight excluding hydrogens is 192 g/mol. The number of carbonyl (C=O) groups excluding carboxylic acids is 1. The fourth-order valence-electron chi connectivity index (χ4n) is 1.20. The summed E-state index contributed by atoms with van der Waals surface area (Å²) in [6, 6.07) is 0. The molecule has 0 rings (SSSR count). The Labute approximate surface area is 92.8 Å². The van der Waals surface area contributed by atoms with Crippen LogP contribution in [0.25, 0.3) is 0 Å². The van der Waals surface area contributed by atoms with Gasteiger partial charge < -0.3 is 15.4 Å². The molecule has 0 aliphatic carbocycles. The minimum absolute atomic E-state index is 0.0914. The molecule has 0 aromatic carbocycles. The Morgan fingerprint density at radius 3 is 2.67 bits per heavy atom. The van der Waals surface area contributed by atoms with E-state index in [1.54, 1.807) is 7.11 Å². The molecule has 1 amide bonds. The van der Waals surface area contributed by atoms with Crippen LogP contribution in [0, 0.1) is 0 Å². The van der Waals surface area contributed by atoms with Crippen LogP contribution in [0.5, 0.6) is 0 Å².